The van der Waals surface area contributed by atoms with Crippen LogP contribution in [0.5, 0.6) is 5.75 Å². The van der Waals surface area contributed by atoms with Crippen molar-refractivity contribution >= 4 is 53.3 Å². The zero-order valence-corrected chi connectivity index (χ0v) is 40.8. The van der Waals surface area contributed by atoms with Crippen molar-refractivity contribution in [1.82, 2.24) is 52.1 Å². The number of nitrogens with two attached hydrogens (primary N) is 2. The maximum Gasteiger partial charge on any atom is 0.326 e. The van der Waals surface area contributed by atoms with E-state index in [9.17, 15) is 48.6 Å². The molecule has 8 atom stereocenters. The number of carboxylic acids is 1. The van der Waals surface area contributed by atoms with Crippen LogP contribution in [0.2, 0.25) is 0 Å². The number of carbonyl (C=O) groups is 8. The number of carbonyl (C=O) groups excluding carboxylic acids is 7. The summed E-state index contributed by atoms with van der Waals surface area (Å²) in [7, 11) is 1.57. The van der Waals surface area contributed by atoms with Crippen molar-refractivity contribution in [2.45, 2.75) is 115 Å². The second kappa shape index (κ2) is 27.6. The molecule has 1 aliphatic heterocycles. The Balaban J connectivity index is 1.56. The number of aromatic amines is 1. The number of imidazole rings is 1. The van der Waals surface area contributed by atoms with E-state index in [-0.39, 0.29) is 63.4 Å². The van der Waals surface area contributed by atoms with Crippen molar-refractivity contribution in [2.24, 2.45) is 28.3 Å². The van der Waals surface area contributed by atoms with Gasteiger partial charge in [-0.05, 0) is 61.4 Å². The number of aromatic nitrogens is 2. The number of carboxylic acid groups (broad SMARTS) is 1. The number of H-pyrrole nitrogens is 1. The molecule has 0 saturated carbocycles. The molecule has 23 nitrogen and oxygen atoms in total. The van der Waals surface area contributed by atoms with E-state index in [0.29, 0.717) is 29.7 Å². The lowest BCUT2D eigenvalue weighted by atomic mass is 9.95. The minimum Gasteiger partial charge on any atom is -0.508 e. The first-order valence-electron chi connectivity index (χ1n) is 23.6. The second-order valence-electron chi connectivity index (χ2n) is 17.9. The number of nitrogens with zero attached hydrogens (tertiary/aromatic N) is 3. The number of aliphatic imine (C=N–C) groups is 1. The quantitative estimate of drug-likeness (QED) is 0.0229. The smallest absolute Gasteiger partial charge is 0.326 e. The lowest BCUT2D eigenvalue weighted by Gasteiger charge is -2.42. The monoisotopic (exact) mass is 988 g/mol. The van der Waals surface area contributed by atoms with E-state index in [1.165, 1.54) is 29.6 Å². The Morgan fingerprint density at radius 2 is 1.39 bits per heavy atom. The minimum atomic E-state index is -1.35. The fraction of sp³-hybridized carbons (Fsp3) is 0.500. The lowest BCUT2D eigenvalue weighted by molar-refractivity contribution is -0.151. The number of nitrogens with one attached hydrogen (secondary N) is 8. The van der Waals surface area contributed by atoms with Crippen molar-refractivity contribution in [1.29, 1.82) is 0 Å². The summed E-state index contributed by atoms with van der Waals surface area (Å²) >= 11 is 0. The third-order valence-corrected chi connectivity index (χ3v) is 12.1. The van der Waals surface area contributed by atoms with Gasteiger partial charge in [0, 0.05) is 44.2 Å². The fourth-order valence-corrected chi connectivity index (χ4v) is 7.78. The summed E-state index contributed by atoms with van der Waals surface area (Å²) in [4.78, 5) is 122. The number of phenols is 1. The summed E-state index contributed by atoms with van der Waals surface area (Å²) in [5.74, 6) is -7.18. The summed E-state index contributed by atoms with van der Waals surface area (Å²) in [5.41, 5.74) is 12.6. The highest BCUT2D eigenvalue weighted by molar-refractivity contribution is 5.98. The molecular formula is C48H69N13O10. The topological polar surface area (TPSA) is 358 Å². The number of likely N-dealkylation sites (N-methyl/N-ethyl adjacent to an activating group) is 1. The van der Waals surface area contributed by atoms with Crippen LogP contribution in [-0.4, -0.2) is 147 Å². The van der Waals surface area contributed by atoms with E-state index < -0.39 is 101 Å². The summed E-state index contributed by atoms with van der Waals surface area (Å²) in [6.07, 6.45) is 3.75. The number of guanidine groups is 1. The molecule has 3 aromatic rings. The van der Waals surface area contributed by atoms with Gasteiger partial charge in [0.2, 0.25) is 41.4 Å². The highest BCUT2D eigenvalue weighted by Crippen LogP contribution is 2.21. The summed E-state index contributed by atoms with van der Waals surface area (Å²) in [5, 5.41) is 38.9. The van der Waals surface area contributed by atoms with E-state index in [2.05, 4.69) is 52.2 Å². The van der Waals surface area contributed by atoms with Crippen LogP contribution in [0.4, 0.5) is 0 Å². The number of aromatic hydroxyl groups is 1. The standard InChI is InChI=1S/C48H69N13O10/c1-6-28(4)40(45(68)57-35(23-31-24-52-26-54-31)46(69)61-20-18-37(61)43(66)58-36(47(70)71)22-29-11-8-7-9-12-29)60-42(65)34(21-30-14-16-32(62)17-15-30)56-44(67)39(27(2)3)59-41(64)33(55-38(63)25-51-5)13-10-19-53-48(49)50/h7-9,11-12,14-17,24,26-28,33-37,39-40,51,62H,6,10,13,18-23,25H2,1-5H3,(H,52,54)(H,55,63)(H,56,67)(H,57,68)(H,58,66)(H,59,64)(H,60,65)(H,70,71)(H4,49,50,53)/t28-,33-,34-,35-,36-,37?,39-,40-/m0/s1. The Bertz CT molecular complexity index is 2290. The first kappa shape index (κ1) is 56.0. The number of amides is 7. The molecule has 71 heavy (non-hydrogen) atoms. The van der Waals surface area contributed by atoms with Gasteiger partial charge in [0.25, 0.3) is 0 Å². The van der Waals surface area contributed by atoms with E-state index in [4.69, 9.17) is 11.5 Å². The largest absolute Gasteiger partial charge is 0.508 e. The van der Waals surface area contributed by atoms with Crippen molar-refractivity contribution < 1.29 is 48.6 Å². The van der Waals surface area contributed by atoms with E-state index in [0.717, 1.165) is 0 Å². The van der Waals surface area contributed by atoms with Gasteiger partial charge < -0.3 is 68.8 Å². The molecule has 0 aliphatic carbocycles. The molecule has 1 aliphatic rings. The number of aliphatic carboxylic acids is 1. The molecule has 1 aromatic heterocycles. The Morgan fingerprint density at radius 3 is 1.97 bits per heavy atom. The molecule has 386 valence electrons. The third-order valence-electron chi connectivity index (χ3n) is 12.1. The van der Waals surface area contributed by atoms with Gasteiger partial charge in [0.15, 0.2) is 5.96 Å². The zero-order chi connectivity index (χ0) is 52.2. The SMILES string of the molecule is CC[C@H](C)[C@H](NC(=O)[C@H](Cc1ccc(O)cc1)NC(=O)[C@@H](NC(=O)[C@H](CCCN=C(N)N)NC(=O)CNC)C(C)C)C(=O)N[C@@H](Cc1cnc[nH]1)C(=O)N1CCC1C(=O)N[C@@H](Cc1ccccc1)C(=O)O. The molecule has 1 unspecified atom stereocenters. The van der Waals surface area contributed by atoms with Crippen LogP contribution < -0.4 is 48.7 Å². The number of phenolic OH excluding ortho intramolecular Hbond substituents is 1. The maximum absolute atomic E-state index is 14.5. The highest BCUT2D eigenvalue weighted by atomic mass is 16.4. The lowest BCUT2D eigenvalue weighted by Crippen LogP contribution is -2.65. The molecule has 7 amide bonds. The molecular weight excluding hydrogens is 919 g/mol. The predicted molar refractivity (Wildman–Crippen MR) is 262 cm³/mol. The molecule has 23 heteroatoms. The average Bonchev–Trinajstić information content (AvgIpc) is 3.83. The number of benzene rings is 2. The molecule has 0 bridgehead atoms. The summed E-state index contributed by atoms with van der Waals surface area (Å²) in [6, 6.07) is 6.24. The van der Waals surface area contributed by atoms with E-state index in [1.54, 1.807) is 77.2 Å². The Labute approximate surface area is 412 Å². The van der Waals surface area contributed by atoms with Crippen LogP contribution in [0.1, 0.15) is 70.2 Å². The summed E-state index contributed by atoms with van der Waals surface area (Å²) in [6.45, 7) is 7.14. The zero-order valence-electron chi connectivity index (χ0n) is 40.8. The van der Waals surface area contributed by atoms with Crippen LogP contribution in [0.15, 0.2) is 72.1 Å². The molecule has 14 N–H and O–H groups in total. The first-order valence-corrected chi connectivity index (χ1v) is 23.6. The number of rotatable bonds is 28. The van der Waals surface area contributed by atoms with E-state index >= 15 is 0 Å². The highest BCUT2D eigenvalue weighted by Gasteiger charge is 2.43. The molecule has 4 rings (SSSR count). The minimum absolute atomic E-state index is 0.0144. The van der Waals surface area contributed by atoms with Gasteiger partial charge in [-0.25, -0.2) is 9.78 Å². The van der Waals surface area contributed by atoms with Crippen molar-refractivity contribution in [3.63, 3.8) is 0 Å². The van der Waals surface area contributed by atoms with E-state index in [1.807, 2.05) is 0 Å². The van der Waals surface area contributed by atoms with Crippen molar-refractivity contribution in [3.8, 4) is 5.75 Å². The number of hydrogen-bond donors (Lipinski definition) is 12. The predicted octanol–water partition coefficient (Wildman–Crippen LogP) is -1.29. The van der Waals surface area contributed by atoms with Gasteiger partial charge in [-0.1, -0.05) is 76.6 Å². The van der Waals surface area contributed by atoms with Crippen LogP contribution in [-0.2, 0) is 57.6 Å². The molecule has 0 radical (unpaired) electrons. The Kier molecular flexibility index (Phi) is 21.8. The molecule has 1 fully saturated rings. The average molecular weight is 988 g/mol. The van der Waals surface area contributed by atoms with Gasteiger partial charge in [-0.15, -0.1) is 0 Å². The molecule has 1 saturated heterocycles. The normalized spacial score (nSPS) is 16.0. The van der Waals surface area contributed by atoms with Gasteiger partial charge in [-0.3, -0.25) is 38.6 Å². The summed E-state index contributed by atoms with van der Waals surface area (Å²) < 4.78 is 0. The van der Waals surface area contributed by atoms with Gasteiger partial charge in [-0.2, -0.15) is 0 Å². The van der Waals surface area contributed by atoms with Crippen molar-refractivity contribution in [3.05, 3.63) is 83.9 Å². The van der Waals surface area contributed by atoms with Gasteiger partial charge >= 0.3 is 5.97 Å². The van der Waals surface area contributed by atoms with Crippen molar-refractivity contribution in [2.75, 3.05) is 26.7 Å². The molecule has 0 spiro atoms. The van der Waals surface area contributed by atoms with Gasteiger partial charge in [0.1, 0.15) is 48.0 Å². The first-order chi connectivity index (χ1) is 33.8. The second-order valence-corrected chi connectivity index (χ2v) is 17.9. The number of hydrogen-bond acceptors (Lipinski definition) is 12. The number of likely N-dealkylation sites (tertiary alicyclic amines) is 1. The van der Waals surface area contributed by atoms with Crippen LogP contribution in [0.25, 0.3) is 0 Å². The van der Waals surface area contributed by atoms with Crippen LogP contribution in [0, 0.1) is 11.8 Å². The Morgan fingerprint density at radius 1 is 0.775 bits per heavy atom. The van der Waals surface area contributed by atoms with Crippen LogP contribution >= 0.6 is 0 Å². The van der Waals surface area contributed by atoms with Gasteiger partial charge in [0.05, 0.1) is 12.9 Å². The fourth-order valence-electron chi connectivity index (χ4n) is 7.78. The molecule has 2 heterocycles. The van der Waals surface area contributed by atoms with Crippen LogP contribution in [0.3, 0.4) is 0 Å². The maximum atomic E-state index is 14.5. The third kappa shape index (κ3) is 17.4. The Hall–Kier alpha value is -7.56. The molecule has 2 aromatic carbocycles.